The number of primary amides is 2. The second kappa shape index (κ2) is 6.94. The van der Waals surface area contributed by atoms with E-state index in [9.17, 15) is 9.59 Å². The lowest BCUT2D eigenvalue weighted by atomic mass is 9.97. The van der Waals surface area contributed by atoms with Crippen molar-refractivity contribution in [3.05, 3.63) is 72.7 Å². The van der Waals surface area contributed by atoms with E-state index >= 15 is 0 Å². The zero-order valence-electron chi connectivity index (χ0n) is 16.4. The molecule has 2 heterocycles. The number of hydrogen-bond donors (Lipinski definition) is 3. The van der Waals surface area contributed by atoms with Gasteiger partial charge in [0.1, 0.15) is 22.7 Å². The van der Waals surface area contributed by atoms with Crippen LogP contribution in [0.5, 0.6) is 11.5 Å². The lowest BCUT2D eigenvalue weighted by molar-refractivity contribution is -0.133. The van der Waals surface area contributed by atoms with Crippen LogP contribution in [-0.2, 0) is 9.59 Å². The number of H-pyrrole nitrogens is 1. The number of nitrogens with one attached hydrogen (secondary N) is 1. The quantitative estimate of drug-likeness (QED) is 0.417. The number of ether oxygens (including phenoxy) is 1. The molecule has 8 heteroatoms. The van der Waals surface area contributed by atoms with Crippen LogP contribution in [0.4, 0.5) is 0 Å². The molecular formula is C23H19N5O3. The van der Waals surface area contributed by atoms with Crippen molar-refractivity contribution in [3.8, 4) is 22.9 Å². The van der Waals surface area contributed by atoms with Gasteiger partial charge in [-0.25, -0.2) is 4.98 Å². The Balaban J connectivity index is 1.39. The van der Waals surface area contributed by atoms with Crippen molar-refractivity contribution in [1.82, 2.24) is 15.0 Å². The van der Waals surface area contributed by atoms with Crippen molar-refractivity contribution < 1.29 is 14.3 Å². The molecule has 2 aromatic heterocycles. The Morgan fingerprint density at radius 1 is 1.00 bits per heavy atom. The van der Waals surface area contributed by atoms with Gasteiger partial charge >= 0.3 is 0 Å². The first-order chi connectivity index (χ1) is 15.0. The van der Waals surface area contributed by atoms with Crippen LogP contribution in [0.3, 0.4) is 0 Å². The number of hydrogen-bond acceptors (Lipinski definition) is 5. The van der Waals surface area contributed by atoms with Crippen LogP contribution in [0.2, 0.25) is 0 Å². The van der Waals surface area contributed by atoms with Crippen LogP contribution < -0.4 is 16.2 Å². The van der Waals surface area contributed by atoms with Crippen molar-refractivity contribution in [3.63, 3.8) is 0 Å². The summed E-state index contributed by atoms with van der Waals surface area (Å²) in [5, 5.41) is 0.866. The number of rotatable bonds is 6. The lowest BCUT2D eigenvalue weighted by Crippen LogP contribution is -2.38. The fourth-order valence-electron chi connectivity index (χ4n) is 4.01. The molecule has 1 saturated carbocycles. The molecule has 2 amide bonds. The monoisotopic (exact) mass is 413 g/mol. The fourth-order valence-corrected chi connectivity index (χ4v) is 4.01. The summed E-state index contributed by atoms with van der Waals surface area (Å²) in [5.41, 5.74) is 12.1. The molecule has 0 spiro atoms. The van der Waals surface area contributed by atoms with Gasteiger partial charge in [0.25, 0.3) is 0 Å². The Morgan fingerprint density at radius 2 is 1.77 bits per heavy atom. The summed E-state index contributed by atoms with van der Waals surface area (Å²) >= 11 is 0. The van der Waals surface area contributed by atoms with Crippen molar-refractivity contribution in [2.45, 2.75) is 12.3 Å². The number of aromatic nitrogens is 3. The third-order valence-electron chi connectivity index (χ3n) is 5.82. The van der Waals surface area contributed by atoms with Gasteiger partial charge in [0.15, 0.2) is 0 Å². The highest BCUT2D eigenvalue weighted by molar-refractivity contribution is 6.08. The molecule has 0 bridgehead atoms. The molecule has 1 fully saturated rings. The first-order valence-corrected chi connectivity index (χ1v) is 9.75. The summed E-state index contributed by atoms with van der Waals surface area (Å²) in [6.07, 6.45) is 5.50. The summed E-state index contributed by atoms with van der Waals surface area (Å²) in [6, 6.07) is 14.9. The van der Waals surface area contributed by atoms with E-state index in [-0.39, 0.29) is 5.92 Å². The molecule has 31 heavy (non-hydrogen) atoms. The van der Waals surface area contributed by atoms with Gasteiger partial charge in [-0.05, 0) is 42.3 Å². The normalized spacial score (nSPS) is 16.7. The third-order valence-corrected chi connectivity index (χ3v) is 5.82. The third kappa shape index (κ3) is 3.09. The number of pyridine rings is 1. The van der Waals surface area contributed by atoms with Crippen LogP contribution in [-0.4, -0.2) is 26.8 Å². The maximum atomic E-state index is 11.7. The number of benzene rings is 2. The van der Waals surface area contributed by atoms with E-state index in [1.165, 1.54) is 0 Å². The van der Waals surface area contributed by atoms with Crippen LogP contribution in [0.25, 0.3) is 22.3 Å². The highest BCUT2D eigenvalue weighted by Crippen LogP contribution is 2.59. The molecular weight excluding hydrogens is 394 g/mol. The summed E-state index contributed by atoms with van der Waals surface area (Å²) in [5.74, 6) is 0.409. The van der Waals surface area contributed by atoms with Gasteiger partial charge in [0.05, 0.1) is 5.52 Å². The molecule has 1 aliphatic rings. The van der Waals surface area contributed by atoms with E-state index in [4.69, 9.17) is 16.2 Å². The van der Waals surface area contributed by atoms with Gasteiger partial charge < -0.3 is 21.2 Å². The summed E-state index contributed by atoms with van der Waals surface area (Å²) in [7, 11) is 0. The average Bonchev–Trinajstić information content (AvgIpc) is 3.31. The van der Waals surface area contributed by atoms with E-state index in [2.05, 4.69) is 15.0 Å². The van der Waals surface area contributed by atoms with Gasteiger partial charge in [-0.2, -0.15) is 0 Å². The van der Waals surface area contributed by atoms with E-state index in [0.717, 1.165) is 27.9 Å². The Bertz CT molecular complexity index is 1280. The molecule has 4 aromatic rings. The fraction of sp³-hybridized carbons (Fsp3) is 0.130. The van der Waals surface area contributed by atoms with Gasteiger partial charge in [0, 0.05) is 35.5 Å². The van der Waals surface area contributed by atoms with E-state index in [1.54, 1.807) is 36.8 Å². The SMILES string of the molecule is NC(=O)C1(C(N)=O)CC1c1ccc(Oc2ccnc3cc(-c4ncc[nH]4)ccc23)cc1. The van der Waals surface area contributed by atoms with Gasteiger partial charge in [-0.3, -0.25) is 14.6 Å². The molecule has 1 atom stereocenters. The molecule has 5 N–H and O–H groups in total. The molecule has 2 aromatic carbocycles. The first-order valence-electron chi connectivity index (χ1n) is 9.75. The average molecular weight is 413 g/mol. The minimum atomic E-state index is -1.28. The summed E-state index contributed by atoms with van der Waals surface area (Å²) < 4.78 is 6.08. The number of nitrogens with two attached hydrogens (primary N) is 2. The second-order valence-corrected chi connectivity index (χ2v) is 7.61. The zero-order valence-corrected chi connectivity index (χ0v) is 16.4. The maximum absolute atomic E-state index is 11.7. The maximum Gasteiger partial charge on any atom is 0.233 e. The Hall–Kier alpha value is -4.20. The van der Waals surface area contributed by atoms with Crippen molar-refractivity contribution in [1.29, 1.82) is 0 Å². The Labute approximate surface area is 177 Å². The molecule has 1 unspecified atom stereocenters. The van der Waals surface area contributed by atoms with Crippen molar-refractivity contribution in [2.75, 3.05) is 0 Å². The molecule has 5 rings (SSSR count). The molecule has 0 aliphatic heterocycles. The topological polar surface area (TPSA) is 137 Å². The number of imidazole rings is 1. The predicted molar refractivity (Wildman–Crippen MR) is 114 cm³/mol. The minimum absolute atomic E-state index is 0.293. The van der Waals surface area contributed by atoms with Crippen LogP contribution in [0, 0.1) is 5.41 Å². The smallest absolute Gasteiger partial charge is 0.233 e. The zero-order chi connectivity index (χ0) is 21.6. The number of nitrogens with zero attached hydrogens (tertiary/aromatic N) is 2. The van der Waals surface area contributed by atoms with E-state index in [1.807, 2.05) is 30.3 Å². The number of carbonyl (C=O) groups is 2. The number of amides is 2. The van der Waals surface area contributed by atoms with Gasteiger partial charge in [0.2, 0.25) is 11.8 Å². The minimum Gasteiger partial charge on any atom is -0.457 e. The first kappa shape index (κ1) is 18.8. The highest BCUT2D eigenvalue weighted by Gasteiger charge is 2.64. The summed E-state index contributed by atoms with van der Waals surface area (Å²) in [4.78, 5) is 35.2. The van der Waals surface area contributed by atoms with Crippen LogP contribution >= 0.6 is 0 Å². The molecule has 8 nitrogen and oxygen atoms in total. The number of fused-ring (bicyclic) bond motifs is 1. The molecule has 0 radical (unpaired) electrons. The molecule has 1 aliphatic carbocycles. The predicted octanol–water partition coefficient (Wildman–Crippen LogP) is 2.86. The van der Waals surface area contributed by atoms with Crippen molar-refractivity contribution in [2.24, 2.45) is 16.9 Å². The highest BCUT2D eigenvalue weighted by atomic mass is 16.5. The largest absolute Gasteiger partial charge is 0.457 e. The second-order valence-electron chi connectivity index (χ2n) is 7.61. The van der Waals surface area contributed by atoms with Crippen LogP contribution in [0.1, 0.15) is 17.9 Å². The Kier molecular flexibility index (Phi) is 4.21. The molecule has 0 saturated heterocycles. The summed E-state index contributed by atoms with van der Waals surface area (Å²) in [6.45, 7) is 0. The van der Waals surface area contributed by atoms with Crippen LogP contribution in [0.15, 0.2) is 67.1 Å². The lowest BCUT2D eigenvalue weighted by Gasteiger charge is -2.11. The Morgan fingerprint density at radius 3 is 2.42 bits per heavy atom. The van der Waals surface area contributed by atoms with E-state index in [0.29, 0.717) is 17.9 Å². The van der Waals surface area contributed by atoms with Crippen molar-refractivity contribution >= 4 is 22.7 Å². The number of carbonyl (C=O) groups excluding carboxylic acids is 2. The van der Waals surface area contributed by atoms with E-state index < -0.39 is 17.2 Å². The molecule has 154 valence electrons. The van der Waals surface area contributed by atoms with Gasteiger partial charge in [-0.15, -0.1) is 0 Å². The standard InChI is InChI=1S/C23H19N5O3/c24-21(29)23(22(25)30)12-17(23)13-1-4-15(5-2-13)31-19-7-8-26-18-11-14(3-6-16(18)19)20-27-9-10-28-20/h1-11,17H,12H2,(H2,24,29)(H2,25,30)(H,27,28). The van der Waals surface area contributed by atoms with Gasteiger partial charge in [-0.1, -0.05) is 18.2 Å². The number of aromatic amines is 1.